The van der Waals surface area contributed by atoms with Gasteiger partial charge in [-0.05, 0) is 52.2 Å². The molecule has 1 unspecified atom stereocenters. The second-order valence-electron chi connectivity index (χ2n) is 6.34. The van der Waals surface area contributed by atoms with Crippen LogP contribution in [0.5, 0.6) is 0 Å². The first-order valence-electron chi connectivity index (χ1n) is 8.26. The van der Waals surface area contributed by atoms with Crippen LogP contribution in [0.3, 0.4) is 0 Å². The fraction of sp³-hybridized carbons (Fsp3) is 1.00. The molecule has 2 aliphatic rings. The standard InChI is InChI=1S/C16H32N2/c1-3-4-10-15(17-2)16(11-6-7-12-16)18-13-8-5-9-14-18/h15,17H,3-14H2,1-2H3. The highest BCUT2D eigenvalue weighted by atomic mass is 15.2. The van der Waals surface area contributed by atoms with Gasteiger partial charge in [-0.1, -0.05) is 39.0 Å². The Kier molecular flexibility index (Phi) is 5.50. The fourth-order valence-electron chi connectivity index (χ4n) is 4.30. The summed E-state index contributed by atoms with van der Waals surface area (Å²) in [6.45, 7) is 5.02. The van der Waals surface area contributed by atoms with E-state index in [1.807, 2.05) is 0 Å². The molecule has 1 atom stereocenters. The second kappa shape index (κ2) is 6.91. The molecule has 2 rings (SSSR count). The highest BCUT2D eigenvalue weighted by Gasteiger charge is 2.44. The lowest BCUT2D eigenvalue weighted by molar-refractivity contribution is 0.0356. The van der Waals surface area contributed by atoms with Crippen molar-refractivity contribution in [3.8, 4) is 0 Å². The van der Waals surface area contributed by atoms with Crippen LogP contribution in [-0.2, 0) is 0 Å². The minimum atomic E-state index is 0.504. The van der Waals surface area contributed by atoms with Gasteiger partial charge in [-0.3, -0.25) is 4.90 Å². The molecule has 0 radical (unpaired) electrons. The number of hydrogen-bond acceptors (Lipinski definition) is 2. The minimum absolute atomic E-state index is 0.504. The number of piperidine rings is 1. The van der Waals surface area contributed by atoms with Gasteiger partial charge >= 0.3 is 0 Å². The van der Waals surface area contributed by atoms with Crippen molar-refractivity contribution in [2.75, 3.05) is 20.1 Å². The first-order chi connectivity index (χ1) is 8.83. The van der Waals surface area contributed by atoms with Crippen LogP contribution in [0.4, 0.5) is 0 Å². The van der Waals surface area contributed by atoms with E-state index < -0.39 is 0 Å². The smallest absolute Gasteiger partial charge is 0.0362 e. The molecule has 0 aromatic heterocycles. The van der Waals surface area contributed by atoms with E-state index in [4.69, 9.17) is 0 Å². The lowest BCUT2D eigenvalue weighted by atomic mass is 9.82. The topological polar surface area (TPSA) is 15.3 Å². The quantitative estimate of drug-likeness (QED) is 0.777. The van der Waals surface area contributed by atoms with Crippen LogP contribution in [0.15, 0.2) is 0 Å². The predicted octanol–water partition coefficient (Wildman–Crippen LogP) is 3.56. The summed E-state index contributed by atoms with van der Waals surface area (Å²) >= 11 is 0. The zero-order valence-corrected chi connectivity index (χ0v) is 12.5. The Bertz CT molecular complexity index is 227. The van der Waals surface area contributed by atoms with Crippen LogP contribution in [0.2, 0.25) is 0 Å². The van der Waals surface area contributed by atoms with Crippen LogP contribution in [0, 0.1) is 0 Å². The highest BCUT2D eigenvalue weighted by molar-refractivity contribution is 5.03. The Morgan fingerprint density at radius 1 is 1.06 bits per heavy atom. The van der Waals surface area contributed by atoms with Crippen LogP contribution >= 0.6 is 0 Å². The van der Waals surface area contributed by atoms with E-state index in [2.05, 4.69) is 24.2 Å². The SMILES string of the molecule is CCCCC(NC)C1(N2CCCCC2)CCCC1. The zero-order valence-electron chi connectivity index (χ0n) is 12.5. The molecule has 2 nitrogen and oxygen atoms in total. The average molecular weight is 252 g/mol. The number of rotatable bonds is 6. The van der Waals surface area contributed by atoms with E-state index >= 15 is 0 Å². The maximum absolute atomic E-state index is 3.68. The fourth-order valence-corrected chi connectivity index (χ4v) is 4.30. The zero-order chi connectivity index (χ0) is 12.8. The molecule has 1 aliphatic heterocycles. The van der Waals surface area contributed by atoms with E-state index in [0.717, 1.165) is 6.04 Å². The average Bonchev–Trinajstić information content (AvgIpc) is 2.91. The van der Waals surface area contributed by atoms with Gasteiger partial charge in [0.15, 0.2) is 0 Å². The van der Waals surface area contributed by atoms with Crippen molar-refractivity contribution < 1.29 is 0 Å². The molecule has 0 bridgehead atoms. The van der Waals surface area contributed by atoms with Gasteiger partial charge in [0.25, 0.3) is 0 Å². The van der Waals surface area contributed by atoms with Crippen LogP contribution in [-0.4, -0.2) is 36.6 Å². The molecule has 1 heterocycles. The molecule has 18 heavy (non-hydrogen) atoms. The van der Waals surface area contributed by atoms with Gasteiger partial charge in [-0.25, -0.2) is 0 Å². The number of likely N-dealkylation sites (N-methyl/N-ethyl adjacent to an activating group) is 1. The van der Waals surface area contributed by atoms with Gasteiger partial charge in [0.05, 0.1) is 0 Å². The Balaban J connectivity index is 2.07. The van der Waals surface area contributed by atoms with Gasteiger partial charge in [0.1, 0.15) is 0 Å². The maximum Gasteiger partial charge on any atom is 0.0362 e. The highest BCUT2D eigenvalue weighted by Crippen LogP contribution is 2.40. The van der Waals surface area contributed by atoms with Gasteiger partial charge in [-0.15, -0.1) is 0 Å². The molecule has 1 N–H and O–H groups in total. The van der Waals surface area contributed by atoms with Crippen molar-refractivity contribution in [3.63, 3.8) is 0 Å². The Hall–Kier alpha value is -0.0800. The summed E-state index contributed by atoms with van der Waals surface area (Å²) in [5.74, 6) is 0. The first-order valence-corrected chi connectivity index (χ1v) is 8.26. The third kappa shape index (κ3) is 2.91. The summed E-state index contributed by atoms with van der Waals surface area (Å²) in [6.07, 6.45) is 14.1. The summed E-state index contributed by atoms with van der Waals surface area (Å²) < 4.78 is 0. The molecule has 0 spiro atoms. The van der Waals surface area contributed by atoms with E-state index in [1.54, 1.807) is 0 Å². The number of nitrogens with one attached hydrogen (secondary N) is 1. The van der Waals surface area contributed by atoms with Crippen molar-refractivity contribution in [1.82, 2.24) is 10.2 Å². The summed E-state index contributed by atoms with van der Waals surface area (Å²) in [5, 5.41) is 3.68. The third-order valence-electron chi connectivity index (χ3n) is 5.30. The van der Waals surface area contributed by atoms with Crippen molar-refractivity contribution >= 4 is 0 Å². The monoisotopic (exact) mass is 252 g/mol. The van der Waals surface area contributed by atoms with E-state index in [0.29, 0.717) is 5.54 Å². The molecular formula is C16H32N2. The number of likely N-dealkylation sites (tertiary alicyclic amines) is 1. The number of nitrogens with zero attached hydrogens (tertiary/aromatic N) is 1. The number of hydrogen-bond donors (Lipinski definition) is 1. The normalized spacial score (nSPS) is 26.3. The number of unbranched alkanes of at least 4 members (excludes halogenated alkanes) is 1. The molecule has 0 aromatic rings. The lowest BCUT2D eigenvalue weighted by Gasteiger charge is -2.48. The van der Waals surface area contributed by atoms with Gasteiger partial charge in [-0.2, -0.15) is 0 Å². The summed E-state index contributed by atoms with van der Waals surface area (Å²) in [4.78, 5) is 2.86. The second-order valence-corrected chi connectivity index (χ2v) is 6.34. The van der Waals surface area contributed by atoms with E-state index in [9.17, 15) is 0 Å². The predicted molar refractivity (Wildman–Crippen MR) is 79.0 cm³/mol. The third-order valence-corrected chi connectivity index (χ3v) is 5.30. The lowest BCUT2D eigenvalue weighted by Crippen LogP contribution is -2.60. The molecular weight excluding hydrogens is 220 g/mol. The van der Waals surface area contributed by atoms with Gasteiger partial charge in [0, 0.05) is 11.6 Å². The molecule has 1 aliphatic carbocycles. The van der Waals surface area contributed by atoms with E-state index in [1.165, 1.54) is 77.3 Å². The van der Waals surface area contributed by atoms with Crippen LogP contribution in [0.25, 0.3) is 0 Å². The van der Waals surface area contributed by atoms with Gasteiger partial charge in [0.2, 0.25) is 0 Å². The van der Waals surface area contributed by atoms with Crippen molar-refractivity contribution in [3.05, 3.63) is 0 Å². The molecule has 0 aromatic carbocycles. The van der Waals surface area contributed by atoms with Crippen molar-refractivity contribution in [2.45, 2.75) is 82.7 Å². The van der Waals surface area contributed by atoms with E-state index in [-0.39, 0.29) is 0 Å². The van der Waals surface area contributed by atoms with Crippen LogP contribution in [0.1, 0.15) is 71.1 Å². The minimum Gasteiger partial charge on any atom is -0.315 e. The van der Waals surface area contributed by atoms with Crippen molar-refractivity contribution in [2.24, 2.45) is 0 Å². The summed E-state index contributed by atoms with van der Waals surface area (Å²) in [5.41, 5.74) is 0.504. The maximum atomic E-state index is 3.68. The first kappa shape index (κ1) is 14.3. The Morgan fingerprint density at radius 2 is 1.72 bits per heavy atom. The molecule has 1 saturated heterocycles. The largest absolute Gasteiger partial charge is 0.315 e. The molecule has 2 heteroatoms. The van der Waals surface area contributed by atoms with Crippen LogP contribution < -0.4 is 5.32 Å². The summed E-state index contributed by atoms with van der Waals surface area (Å²) in [6, 6.07) is 0.720. The molecule has 1 saturated carbocycles. The molecule has 0 amide bonds. The Labute approximate surface area is 114 Å². The Morgan fingerprint density at radius 3 is 2.28 bits per heavy atom. The summed E-state index contributed by atoms with van der Waals surface area (Å²) in [7, 11) is 2.18. The molecule has 106 valence electrons. The van der Waals surface area contributed by atoms with Crippen molar-refractivity contribution in [1.29, 1.82) is 0 Å². The van der Waals surface area contributed by atoms with Gasteiger partial charge < -0.3 is 5.32 Å². The molecule has 2 fully saturated rings.